The SMILES string of the molecule is CCCOP1(OCCC)(OCCC)OC(C(=O)c2ccccc2)=C(c2ccccc2)O1. The molecule has 7 heteroatoms. The van der Waals surface area contributed by atoms with Crippen LogP contribution in [-0.2, 0) is 22.6 Å². The molecule has 0 spiro atoms. The fourth-order valence-electron chi connectivity index (χ4n) is 3.03. The average Bonchev–Trinajstić information content (AvgIpc) is 3.18. The number of benzene rings is 2. The molecule has 2 aromatic rings. The van der Waals surface area contributed by atoms with E-state index in [4.69, 9.17) is 22.6 Å². The molecule has 0 radical (unpaired) electrons. The van der Waals surface area contributed by atoms with Crippen molar-refractivity contribution in [3.63, 3.8) is 0 Å². The van der Waals surface area contributed by atoms with Gasteiger partial charge < -0.3 is 0 Å². The van der Waals surface area contributed by atoms with Gasteiger partial charge in [-0.15, -0.1) is 0 Å². The average molecular weight is 446 g/mol. The number of hydrogen-bond donors (Lipinski definition) is 0. The van der Waals surface area contributed by atoms with E-state index < -0.39 is 7.74 Å². The number of Topliss-reactive ketones (excluding diaryl/α,β-unsaturated/α-hetero) is 1. The van der Waals surface area contributed by atoms with Gasteiger partial charge in [-0.1, -0.05) is 0 Å². The number of allylic oxidation sites excluding steroid dienone is 1. The molecule has 0 aromatic heterocycles. The quantitative estimate of drug-likeness (QED) is 0.267. The van der Waals surface area contributed by atoms with Gasteiger partial charge >= 0.3 is 184 Å². The fraction of sp³-hybridized carbons (Fsp3) is 0.375. The Morgan fingerprint density at radius 1 is 0.742 bits per heavy atom. The summed E-state index contributed by atoms with van der Waals surface area (Å²) in [6.07, 6.45) is 2.12. The molecule has 0 bridgehead atoms. The molecule has 1 aliphatic rings. The van der Waals surface area contributed by atoms with Crippen molar-refractivity contribution in [2.45, 2.75) is 40.0 Å². The van der Waals surface area contributed by atoms with Crippen LogP contribution in [0, 0.1) is 0 Å². The van der Waals surface area contributed by atoms with Gasteiger partial charge in [-0.25, -0.2) is 0 Å². The van der Waals surface area contributed by atoms with E-state index in [1.165, 1.54) is 0 Å². The van der Waals surface area contributed by atoms with Gasteiger partial charge in [0.05, 0.1) is 0 Å². The molecule has 1 aliphatic heterocycles. The molecule has 6 nitrogen and oxygen atoms in total. The van der Waals surface area contributed by atoms with Gasteiger partial charge in [-0.2, -0.15) is 0 Å². The van der Waals surface area contributed by atoms with Gasteiger partial charge in [0.1, 0.15) is 0 Å². The predicted octanol–water partition coefficient (Wildman–Crippen LogP) is 6.69. The Kier molecular flexibility index (Phi) is 7.84. The van der Waals surface area contributed by atoms with Crippen molar-refractivity contribution >= 4 is 19.3 Å². The predicted molar refractivity (Wildman–Crippen MR) is 122 cm³/mol. The molecular formula is C24H31O6P. The van der Waals surface area contributed by atoms with Crippen LogP contribution in [0.2, 0.25) is 0 Å². The first kappa shape index (κ1) is 23.4. The molecule has 0 aliphatic carbocycles. The third-order valence-electron chi connectivity index (χ3n) is 4.48. The molecule has 2 aromatic carbocycles. The van der Waals surface area contributed by atoms with Crippen molar-refractivity contribution in [3.05, 3.63) is 77.5 Å². The summed E-state index contributed by atoms with van der Waals surface area (Å²) in [6.45, 7) is 6.85. The molecule has 0 unspecified atom stereocenters. The van der Waals surface area contributed by atoms with Crippen molar-refractivity contribution in [1.29, 1.82) is 0 Å². The monoisotopic (exact) mass is 446 g/mol. The zero-order valence-corrected chi connectivity index (χ0v) is 19.3. The first-order chi connectivity index (χ1) is 15.1. The molecular weight excluding hydrogens is 415 g/mol. The Morgan fingerprint density at radius 2 is 1.23 bits per heavy atom. The van der Waals surface area contributed by atoms with Gasteiger partial charge in [0.2, 0.25) is 0 Å². The minimum absolute atomic E-state index is 0.0402. The van der Waals surface area contributed by atoms with E-state index >= 15 is 0 Å². The third-order valence-corrected chi connectivity index (χ3v) is 7.26. The van der Waals surface area contributed by atoms with Crippen LogP contribution >= 0.6 is 7.74 Å². The Balaban J connectivity index is 2.12. The summed E-state index contributed by atoms with van der Waals surface area (Å²) in [5.74, 6) is 0.0000493. The fourth-order valence-corrected chi connectivity index (χ4v) is 6.00. The van der Waals surface area contributed by atoms with Crippen LogP contribution in [-0.4, -0.2) is 25.6 Å². The van der Waals surface area contributed by atoms with Gasteiger partial charge in [-0.3, -0.25) is 0 Å². The summed E-state index contributed by atoms with van der Waals surface area (Å²) in [7, 11) is -4.55. The number of hydrogen-bond acceptors (Lipinski definition) is 6. The zero-order chi connectivity index (χ0) is 22.2. The van der Waals surface area contributed by atoms with Crippen LogP contribution in [0.5, 0.6) is 0 Å². The summed E-state index contributed by atoms with van der Waals surface area (Å²) in [4.78, 5) is 13.5. The molecule has 0 amide bonds. The molecule has 0 saturated carbocycles. The summed E-state index contributed by atoms with van der Waals surface area (Å²) >= 11 is 0. The van der Waals surface area contributed by atoms with Crippen LogP contribution in [0.15, 0.2) is 66.4 Å². The minimum atomic E-state index is -4.55. The molecule has 0 N–H and O–H groups in total. The Bertz CT molecular complexity index is 872. The van der Waals surface area contributed by atoms with E-state index in [1.807, 2.05) is 57.2 Å². The molecule has 168 valence electrons. The maximum atomic E-state index is 13.5. The van der Waals surface area contributed by atoms with Crippen molar-refractivity contribution in [1.82, 2.24) is 0 Å². The van der Waals surface area contributed by atoms with E-state index in [0.717, 1.165) is 0 Å². The van der Waals surface area contributed by atoms with E-state index in [2.05, 4.69) is 0 Å². The summed E-state index contributed by atoms with van der Waals surface area (Å²) < 4.78 is 31.1. The Morgan fingerprint density at radius 3 is 1.71 bits per heavy atom. The molecule has 0 atom stereocenters. The topological polar surface area (TPSA) is 63.2 Å². The van der Waals surface area contributed by atoms with Crippen molar-refractivity contribution in [2.24, 2.45) is 0 Å². The Labute approximate surface area is 184 Å². The van der Waals surface area contributed by atoms with Gasteiger partial charge in [0.15, 0.2) is 0 Å². The van der Waals surface area contributed by atoms with Gasteiger partial charge in [0.25, 0.3) is 0 Å². The number of carbonyl (C=O) groups excluding carboxylic acids is 1. The third kappa shape index (κ3) is 5.16. The van der Waals surface area contributed by atoms with Crippen LogP contribution in [0.25, 0.3) is 5.76 Å². The van der Waals surface area contributed by atoms with Crippen LogP contribution < -0.4 is 0 Å². The first-order valence-corrected chi connectivity index (χ1v) is 12.7. The van der Waals surface area contributed by atoms with Crippen molar-refractivity contribution in [3.8, 4) is 0 Å². The number of carbonyl (C=O) groups is 1. The van der Waals surface area contributed by atoms with Crippen LogP contribution in [0.3, 0.4) is 0 Å². The number of rotatable bonds is 12. The molecule has 0 saturated heterocycles. The summed E-state index contributed by atoms with van der Waals surface area (Å²) in [6, 6.07) is 18.3. The van der Waals surface area contributed by atoms with Crippen molar-refractivity contribution < 1.29 is 27.4 Å². The first-order valence-electron chi connectivity index (χ1n) is 10.8. The van der Waals surface area contributed by atoms with Crippen LogP contribution in [0.1, 0.15) is 56.0 Å². The number of ketones is 1. The summed E-state index contributed by atoms with van der Waals surface area (Å²) in [5, 5.41) is 0. The maximum absolute atomic E-state index is 13.5. The van der Waals surface area contributed by atoms with Gasteiger partial charge in [0, 0.05) is 0 Å². The van der Waals surface area contributed by atoms with Crippen LogP contribution in [0.4, 0.5) is 0 Å². The molecule has 1 heterocycles. The Hall–Kier alpha value is -2.24. The van der Waals surface area contributed by atoms with E-state index in [-0.39, 0.29) is 17.3 Å². The van der Waals surface area contributed by atoms with Gasteiger partial charge in [-0.05, 0) is 0 Å². The summed E-state index contributed by atoms with van der Waals surface area (Å²) in [5.41, 5.74) is 1.17. The van der Waals surface area contributed by atoms with E-state index in [0.29, 0.717) is 50.2 Å². The van der Waals surface area contributed by atoms with E-state index in [9.17, 15) is 4.79 Å². The molecule has 31 heavy (non-hydrogen) atoms. The standard InChI is InChI=1S/C24H31O6P/c1-4-17-26-31(27-18-5-2,28-19-6-3)29-23(21-15-11-8-12-16-21)24(30-31)22(25)20-13-9-7-10-14-20/h7-16H,4-6,17-19H2,1-3H3. The normalized spacial score (nSPS) is 18.0. The van der Waals surface area contributed by atoms with Crippen molar-refractivity contribution in [2.75, 3.05) is 19.8 Å². The van der Waals surface area contributed by atoms with E-state index in [1.54, 1.807) is 24.3 Å². The zero-order valence-electron chi connectivity index (χ0n) is 18.4. The second kappa shape index (κ2) is 10.4. The second-order valence-electron chi connectivity index (χ2n) is 7.15. The second-order valence-corrected chi connectivity index (χ2v) is 9.78. The molecule has 3 rings (SSSR count). The molecule has 0 fully saturated rings.